The lowest BCUT2D eigenvalue weighted by atomic mass is 10.0. The Morgan fingerprint density at radius 2 is 2.11 bits per heavy atom. The quantitative estimate of drug-likeness (QED) is 0.602. The molecule has 0 saturated carbocycles. The number of hydrogen-bond acceptors (Lipinski definition) is 4. The third kappa shape index (κ3) is 2.51. The van der Waals surface area contributed by atoms with E-state index in [1.165, 1.54) is 11.9 Å². The number of imide groups is 1. The van der Waals surface area contributed by atoms with Crippen LogP contribution < -0.4 is 11.1 Å². The molecule has 5 heteroatoms. The first-order valence-electron chi connectivity index (χ1n) is 5.96. The predicted molar refractivity (Wildman–Crippen MR) is 68.5 cm³/mol. The van der Waals surface area contributed by atoms with Crippen LogP contribution >= 0.6 is 0 Å². The molecular formula is C13H17N3O2. The smallest absolute Gasteiger partial charge is 0.246 e. The van der Waals surface area contributed by atoms with Crippen LogP contribution in [-0.4, -0.2) is 29.8 Å². The molecule has 1 unspecified atom stereocenters. The van der Waals surface area contributed by atoms with Gasteiger partial charge in [-0.3, -0.25) is 14.5 Å². The van der Waals surface area contributed by atoms with Gasteiger partial charge in [-0.2, -0.15) is 0 Å². The molecule has 1 aromatic rings. The van der Waals surface area contributed by atoms with Gasteiger partial charge in [0.1, 0.15) is 0 Å². The highest BCUT2D eigenvalue weighted by atomic mass is 16.2. The molecule has 18 heavy (non-hydrogen) atoms. The fourth-order valence-electron chi connectivity index (χ4n) is 2.03. The van der Waals surface area contributed by atoms with Crippen LogP contribution in [0.4, 0.5) is 5.69 Å². The fourth-order valence-corrected chi connectivity index (χ4v) is 2.03. The highest BCUT2D eigenvalue weighted by Crippen LogP contribution is 2.14. The van der Waals surface area contributed by atoms with E-state index < -0.39 is 0 Å². The fraction of sp³-hybridized carbons (Fsp3) is 0.385. The van der Waals surface area contributed by atoms with Crippen molar-refractivity contribution >= 4 is 17.5 Å². The first-order valence-corrected chi connectivity index (χ1v) is 5.96. The second-order valence-corrected chi connectivity index (χ2v) is 4.46. The minimum absolute atomic E-state index is 0.114. The van der Waals surface area contributed by atoms with Gasteiger partial charge >= 0.3 is 0 Å². The summed E-state index contributed by atoms with van der Waals surface area (Å²) in [6.07, 6.45) is 0.957. The monoisotopic (exact) mass is 247 g/mol. The number of nitrogen functional groups attached to an aromatic ring is 1. The van der Waals surface area contributed by atoms with Crippen molar-refractivity contribution < 1.29 is 9.59 Å². The highest BCUT2D eigenvalue weighted by molar-refractivity contribution is 6.00. The minimum atomic E-state index is -0.299. The Morgan fingerprint density at radius 1 is 1.39 bits per heavy atom. The van der Waals surface area contributed by atoms with Crippen molar-refractivity contribution in [1.82, 2.24) is 10.2 Å². The van der Waals surface area contributed by atoms with Gasteiger partial charge in [0.25, 0.3) is 0 Å². The molecule has 1 saturated heterocycles. The Hall–Kier alpha value is -1.88. The Balaban J connectivity index is 1.97. The maximum absolute atomic E-state index is 11.9. The summed E-state index contributed by atoms with van der Waals surface area (Å²) in [7, 11) is 1.52. The van der Waals surface area contributed by atoms with Gasteiger partial charge in [0.05, 0.1) is 6.04 Å². The molecule has 0 spiro atoms. The molecule has 0 bridgehead atoms. The third-order valence-electron chi connectivity index (χ3n) is 3.24. The van der Waals surface area contributed by atoms with E-state index in [-0.39, 0.29) is 17.9 Å². The largest absolute Gasteiger partial charge is 0.398 e. The van der Waals surface area contributed by atoms with E-state index in [0.717, 1.165) is 5.56 Å². The van der Waals surface area contributed by atoms with Crippen molar-refractivity contribution in [3.05, 3.63) is 29.8 Å². The molecule has 1 fully saturated rings. The third-order valence-corrected chi connectivity index (χ3v) is 3.24. The van der Waals surface area contributed by atoms with E-state index in [0.29, 0.717) is 25.1 Å². The summed E-state index contributed by atoms with van der Waals surface area (Å²) >= 11 is 0. The van der Waals surface area contributed by atoms with Gasteiger partial charge in [0.15, 0.2) is 0 Å². The SMILES string of the molecule is CN1C(=O)CCC(NCc2ccccc2N)C1=O. The number of likely N-dealkylation sites (tertiary alicyclic amines) is 1. The van der Waals surface area contributed by atoms with Gasteiger partial charge in [-0.25, -0.2) is 0 Å². The lowest BCUT2D eigenvalue weighted by molar-refractivity contribution is -0.148. The zero-order chi connectivity index (χ0) is 13.1. The van der Waals surface area contributed by atoms with E-state index >= 15 is 0 Å². The Morgan fingerprint density at radius 3 is 2.83 bits per heavy atom. The number of piperidine rings is 1. The van der Waals surface area contributed by atoms with Crippen molar-refractivity contribution in [3.63, 3.8) is 0 Å². The minimum Gasteiger partial charge on any atom is -0.398 e. The molecule has 0 aliphatic carbocycles. The number of para-hydroxylation sites is 1. The molecule has 0 radical (unpaired) electrons. The second kappa shape index (κ2) is 5.18. The number of carbonyl (C=O) groups excluding carboxylic acids is 2. The van der Waals surface area contributed by atoms with Crippen LogP contribution in [0.1, 0.15) is 18.4 Å². The molecule has 3 N–H and O–H groups in total. The lowest BCUT2D eigenvalue weighted by Gasteiger charge is -2.28. The number of amides is 2. The van der Waals surface area contributed by atoms with Gasteiger partial charge in [-0.05, 0) is 18.1 Å². The van der Waals surface area contributed by atoms with Gasteiger partial charge in [-0.1, -0.05) is 18.2 Å². The Labute approximate surface area is 106 Å². The number of hydrogen-bond donors (Lipinski definition) is 2. The predicted octanol–water partition coefficient (Wildman–Crippen LogP) is 0.506. The Bertz CT molecular complexity index is 473. The van der Waals surface area contributed by atoms with Crippen LogP contribution in [0.5, 0.6) is 0 Å². The van der Waals surface area contributed by atoms with Crippen molar-refractivity contribution in [2.45, 2.75) is 25.4 Å². The van der Waals surface area contributed by atoms with Crippen LogP contribution in [0.2, 0.25) is 0 Å². The normalized spacial score (nSPS) is 20.3. The molecule has 1 heterocycles. The van der Waals surface area contributed by atoms with Crippen molar-refractivity contribution in [2.24, 2.45) is 0 Å². The average molecular weight is 247 g/mol. The maximum Gasteiger partial charge on any atom is 0.246 e. The summed E-state index contributed by atoms with van der Waals surface area (Å²) in [5, 5.41) is 3.16. The number of benzene rings is 1. The molecule has 5 nitrogen and oxygen atoms in total. The molecule has 0 aromatic heterocycles. The van der Waals surface area contributed by atoms with E-state index in [9.17, 15) is 9.59 Å². The maximum atomic E-state index is 11.9. The number of nitrogens with two attached hydrogens (primary N) is 1. The summed E-state index contributed by atoms with van der Waals surface area (Å²) in [6, 6.07) is 7.23. The van der Waals surface area contributed by atoms with E-state index in [4.69, 9.17) is 5.73 Å². The van der Waals surface area contributed by atoms with Crippen molar-refractivity contribution in [2.75, 3.05) is 12.8 Å². The number of anilines is 1. The number of nitrogens with one attached hydrogen (secondary N) is 1. The molecule has 1 aliphatic heterocycles. The van der Waals surface area contributed by atoms with Gasteiger partial charge in [-0.15, -0.1) is 0 Å². The molecule has 2 amide bonds. The van der Waals surface area contributed by atoms with E-state index in [1.54, 1.807) is 0 Å². The average Bonchev–Trinajstić information content (AvgIpc) is 2.37. The van der Waals surface area contributed by atoms with E-state index in [1.807, 2.05) is 24.3 Å². The number of nitrogens with zero attached hydrogens (tertiary/aromatic N) is 1. The second-order valence-electron chi connectivity index (χ2n) is 4.46. The topological polar surface area (TPSA) is 75.4 Å². The summed E-state index contributed by atoms with van der Waals surface area (Å²) in [4.78, 5) is 24.4. The molecule has 2 rings (SSSR count). The lowest BCUT2D eigenvalue weighted by Crippen LogP contribution is -2.51. The van der Waals surface area contributed by atoms with Crippen molar-refractivity contribution in [3.8, 4) is 0 Å². The van der Waals surface area contributed by atoms with Gasteiger partial charge in [0, 0.05) is 25.7 Å². The van der Waals surface area contributed by atoms with Gasteiger partial charge < -0.3 is 11.1 Å². The van der Waals surface area contributed by atoms with E-state index in [2.05, 4.69) is 5.32 Å². The summed E-state index contributed by atoms with van der Waals surface area (Å²) in [5.41, 5.74) is 7.50. The number of likely N-dealkylation sites (N-methyl/N-ethyl adjacent to an activating group) is 1. The molecule has 1 aromatic carbocycles. The summed E-state index contributed by atoms with van der Waals surface area (Å²) in [6.45, 7) is 0.533. The zero-order valence-corrected chi connectivity index (χ0v) is 10.3. The molecule has 96 valence electrons. The van der Waals surface area contributed by atoms with Crippen LogP contribution in [0.3, 0.4) is 0 Å². The van der Waals surface area contributed by atoms with Crippen molar-refractivity contribution in [1.29, 1.82) is 0 Å². The number of carbonyl (C=O) groups is 2. The molecule has 1 atom stereocenters. The summed E-state index contributed by atoms with van der Waals surface area (Å²) in [5.74, 6) is -0.280. The molecule has 1 aliphatic rings. The first-order chi connectivity index (χ1) is 8.59. The molecular weight excluding hydrogens is 230 g/mol. The van der Waals surface area contributed by atoms with Crippen LogP contribution in [0.25, 0.3) is 0 Å². The van der Waals surface area contributed by atoms with Crippen LogP contribution in [-0.2, 0) is 16.1 Å². The highest BCUT2D eigenvalue weighted by Gasteiger charge is 2.31. The standard InChI is InChI=1S/C13H17N3O2/c1-16-12(17)7-6-11(13(16)18)15-8-9-4-2-3-5-10(9)14/h2-5,11,15H,6-8,14H2,1H3. The number of rotatable bonds is 3. The van der Waals surface area contributed by atoms with Crippen LogP contribution in [0, 0.1) is 0 Å². The van der Waals surface area contributed by atoms with Gasteiger partial charge in [0.2, 0.25) is 11.8 Å². The zero-order valence-electron chi connectivity index (χ0n) is 10.3. The Kier molecular flexibility index (Phi) is 3.62. The first kappa shape index (κ1) is 12.6. The summed E-state index contributed by atoms with van der Waals surface area (Å²) < 4.78 is 0. The van der Waals surface area contributed by atoms with Crippen LogP contribution in [0.15, 0.2) is 24.3 Å².